The van der Waals surface area contributed by atoms with Crippen LogP contribution in [-0.4, -0.2) is 6.18 Å². The van der Waals surface area contributed by atoms with Gasteiger partial charge < -0.3 is 0 Å². The molecule has 4 aromatic carbocycles. The second-order valence-electron chi connectivity index (χ2n) is 13.2. The zero-order valence-corrected chi connectivity index (χ0v) is 25.0. The molecular formula is C35H35F3NS+. The number of aromatic nitrogens is 1. The highest BCUT2D eigenvalue weighted by molar-refractivity contribution is 8.00. The van der Waals surface area contributed by atoms with Gasteiger partial charge in [0, 0.05) is 21.2 Å². The summed E-state index contributed by atoms with van der Waals surface area (Å²) in [4.78, 5) is 2.47. The van der Waals surface area contributed by atoms with Crippen molar-refractivity contribution in [3.63, 3.8) is 0 Å². The maximum atomic E-state index is 13.7. The minimum Gasteiger partial charge on any atom is -0.200 e. The van der Waals surface area contributed by atoms with E-state index in [9.17, 15) is 13.2 Å². The summed E-state index contributed by atoms with van der Waals surface area (Å²) < 4.78 is 43.3. The van der Waals surface area contributed by atoms with Gasteiger partial charge in [0.25, 0.3) is 0 Å². The maximum absolute atomic E-state index is 13.7. The minimum absolute atomic E-state index is 0.0499. The van der Waals surface area contributed by atoms with Gasteiger partial charge in [-0.2, -0.15) is 13.2 Å². The predicted octanol–water partition coefficient (Wildman–Crippen LogP) is 10.1. The highest BCUT2D eigenvalue weighted by atomic mass is 32.2. The Balaban J connectivity index is 1.65. The lowest BCUT2D eigenvalue weighted by atomic mass is 9.82. The number of nitrogens with zero attached hydrogens (tertiary/aromatic N) is 1. The van der Waals surface area contributed by atoms with Gasteiger partial charge >= 0.3 is 6.18 Å². The van der Waals surface area contributed by atoms with Crippen molar-refractivity contribution in [2.75, 3.05) is 0 Å². The molecule has 206 valence electrons. The van der Waals surface area contributed by atoms with Crippen LogP contribution in [-0.2, 0) is 19.9 Å². The van der Waals surface area contributed by atoms with E-state index in [1.54, 1.807) is 0 Å². The lowest BCUT2D eigenvalue weighted by Gasteiger charge is -2.28. The Hall–Kier alpha value is -3.05. The maximum Gasteiger partial charge on any atom is 0.394 e. The summed E-state index contributed by atoms with van der Waals surface area (Å²) in [6, 6.07) is 18.9. The number of hydrogen-bond acceptors (Lipinski definition) is 1. The van der Waals surface area contributed by atoms with Crippen LogP contribution in [0.2, 0.25) is 0 Å². The van der Waals surface area contributed by atoms with Crippen molar-refractivity contribution in [3.8, 4) is 11.3 Å². The second kappa shape index (κ2) is 8.97. The SMILES string of the molecule is Cc1c2c(c(CC(C)(C)C)c3ccccc13)Sc1cc3cc(CC(C)(C)C(F)(F)F)ccc3c3cc[n+](C)c-2c13. The molecule has 0 unspecified atom stereocenters. The van der Waals surface area contributed by atoms with Crippen molar-refractivity contribution < 1.29 is 17.7 Å². The third kappa shape index (κ3) is 4.29. The highest BCUT2D eigenvalue weighted by Crippen LogP contribution is 2.53. The number of pyridine rings is 1. The molecule has 0 bridgehead atoms. The standard InChI is InChI=1S/C35H35F3NS/c1-20-23-10-8-9-11-25(23)27(19-33(2,3)4)32-29(20)31-30-26(14-15-39(31)7)24-13-12-21(16-22(24)17-28(30)40-32)18-34(5,6)35(36,37)38/h8-17H,18-19H2,1-7H3/q+1. The average molecular weight is 559 g/mol. The largest absolute Gasteiger partial charge is 0.394 e. The van der Waals surface area contributed by atoms with Crippen molar-refractivity contribution in [1.29, 1.82) is 0 Å². The van der Waals surface area contributed by atoms with Gasteiger partial charge in [-0.1, -0.05) is 88.8 Å². The van der Waals surface area contributed by atoms with Gasteiger partial charge in [-0.25, -0.2) is 4.57 Å². The fraction of sp³-hybridized carbons (Fsp3) is 0.343. The summed E-state index contributed by atoms with van der Waals surface area (Å²) in [5, 5.41) is 7.02. The Morgan fingerprint density at radius 3 is 2.17 bits per heavy atom. The third-order valence-electron chi connectivity index (χ3n) is 8.36. The molecule has 0 amide bonds. The first-order chi connectivity index (χ1) is 18.7. The smallest absolute Gasteiger partial charge is 0.200 e. The number of benzene rings is 4. The van der Waals surface area contributed by atoms with Crippen molar-refractivity contribution in [1.82, 2.24) is 0 Å². The summed E-state index contributed by atoms with van der Waals surface area (Å²) in [7, 11) is 2.11. The van der Waals surface area contributed by atoms with Crippen LogP contribution >= 0.6 is 11.8 Å². The van der Waals surface area contributed by atoms with Gasteiger partial charge in [0.05, 0.1) is 16.4 Å². The minimum atomic E-state index is -4.26. The zero-order chi connectivity index (χ0) is 28.8. The van der Waals surface area contributed by atoms with Gasteiger partial charge in [0.1, 0.15) is 7.05 Å². The fourth-order valence-electron chi connectivity index (χ4n) is 6.28. The topological polar surface area (TPSA) is 3.88 Å². The molecular weight excluding hydrogens is 523 g/mol. The van der Waals surface area contributed by atoms with Gasteiger partial charge in [-0.3, -0.25) is 0 Å². The zero-order valence-electron chi connectivity index (χ0n) is 24.2. The average Bonchev–Trinajstić information content (AvgIpc) is 2.86. The molecule has 0 saturated heterocycles. The summed E-state index contributed by atoms with van der Waals surface area (Å²) in [5.41, 5.74) is 4.19. The normalized spacial score (nSPS) is 13.8. The van der Waals surface area contributed by atoms with Crippen LogP contribution in [0.15, 0.2) is 70.6 Å². The third-order valence-corrected chi connectivity index (χ3v) is 9.56. The van der Waals surface area contributed by atoms with Crippen molar-refractivity contribution in [3.05, 3.63) is 77.5 Å². The first-order valence-electron chi connectivity index (χ1n) is 13.8. The summed E-state index contributed by atoms with van der Waals surface area (Å²) in [6.45, 7) is 11.7. The van der Waals surface area contributed by atoms with Crippen molar-refractivity contribution in [2.24, 2.45) is 17.9 Å². The van der Waals surface area contributed by atoms with Crippen LogP contribution < -0.4 is 4.57 Å². The molecule has 0 aliphatic carbocycles. The highest BCUT2D eigenvalue weighted by Gasteiger charge is 2.47. The molecule has 1 aliphatic heterocycles. The summed E-state index contributed by atoms with van der Waals surface area (Å²) >= 11 is 1.82. The molecule has 0 N–H and O–H groups in total. The number of halogens is 3. The van der Waals surface area contributed by atoms with E-state index in [2.05, 4.69) is 81.9 Å². The Labute approximate surface area is 238 Å². The molecule has 1 nitrogen and oxygen atoms in total. The van der Waals surface area contributed by atoms with Crippen molar-refractivity contribution >= 4 is 44.1 Å². The molecule has 0 fully saturated rings. The predicted molar refractivity (Wildman–Crippen MR) is 161 cm³/mol. The molecule has 0 radical (unpaired) electrons. The van der Waals surface area contributed by atoms with Crippen LogP contribution in [0.25, 0.3) is 43.6 Å². The van der Waals surface area contributed by atoms with E-state index in [1.165, 1.54) is 62.2 Å². The lowest BCUT2D eigenvalue weighted by molar-refractivity contribution is -0.659. The Kier molecular flexibility index (Phi) is 6.09. The Morgan fingerprint density at radius 2 is 1.50 bits per heavy atom. The van der Waals surface area contributed by atoms with Gasteiger partial charge in [0.2, 0.25) is 5.69 Å². The van der Waals surface area contributed by atoms with E-state index in [1.807, 2.05) is 30.0 Å². The molecule has 5 heteroatoms. The van der Waals surface area contributed by atoms with Gasteiger partial charge in [0.15, 0.2) is 6.20 Å². The fourth-order valence-corrected chi connectivity index (χ4v) is 7.65. The van der Waals surface area contributed by atoms with Gasteiger partial charge in [-0.05, 0) is 69.5 Å². The number of hydrogen-bond donors (Lipinski definition) is 0. The second-order valence-corrected chi connectivity index (χ2v) is 14.3. The summed E-state index contributed by atoms with van der Waals surface area (Å²) in [6.07, 6.45) is -1.24. The number of aryl methyl sites for hydroxylation is 2. The van der Waals surface area contributed by atoms with Crippen LogP contribution in [0.1, 0.15) is 51.3 Å². The van der Waals surface area contributed by atoms with Gasteiger partial charge in [-0.15, -0.1) is 0 Å². The van der Waals surface area contributed by atoms with E-state index >= 15 is 0 Å². The van der Waals surface area contributed by atoms with Crippen LogP contribution in [0.4, 0.5) is 13.2 Å². The quantitative estimate of drug-likeness (QED) is 0.154. The van der Waals surface area contributed by atoms with Crippen molar-refractivity contribution in [2.45, 2.75) is 70.4 Å². The van der Waals surface area contributed by atoms with Crippen LogP contribution in [0.3, 0.4) is 0 Å². The molecule has 1 aromatic heterocycles. The summed E-state index contributed by atoms with van der Waals surface area (Å²) in [5.74, 6) is 0. The van der Waals surface area contributed by atoms with E-state index in [4.69, 9.17) is 0 Å². The monoisotopic (exact) mass is 558 g/mol. The van der Waals surface area contributed by atoms with E-state index in [-0.39, 0.29) is 11.8 Å². The Morgan fingerprint density at radius 1 is 0.800 bits per heavy atom. The molecule has 0 spiro atoms. The number of rotatable bonds is 3. The molecule has 1 aliphatic rings. The lowest BCUT2D eigenvalue weighted by Crippen LogP contribution is -2.34. The van der Waals surface area contributed by atoms with Crippen LogP contribution in [0, 0.1) is 17.8 Å². The van der Waals surface area contributed by atoms with E-state index in [0.29, 0.717) is 5.56 Å². The Bertz CT molecular complexity index is 1840. The molecule has 5 aromatic rings. The van der Waals surface area contributed by atoms with Crippen LogP contribution in [0.5, 0.6) is 0 Å². The number of fused-ring (bicyclic) bond motifs is 5. The molecule has 0 atom stereocenters. The first kappa shape index (κ1) is 27.1. The molecule has 40 heavy (non-hydrogen) atoms. The number of alkyl halides is 3. The molecule has 0 saturated carbocycles. The molecule has 6 rings (SSSR count). The van der Waals surface area contributed by atoms with E-state index in [0.717, 1.165) is 22.6 Å². The first-order valence-corrected chi connectivity index (χ1v) is 14.6. The van der Waals surface area contributed by atoms with E-state index < -0.39 is 11.6 Å². The molecule has 2 heterocycles.